The van der Waals surface area contributed by atoms with Gasteiger partial charge in [-0.25, -0.2) is 9.78 Å². The summed E-state index contributed by atoms with van der Waals surface area (Å²) in [6, 6.07) is 17.5. The predicted molar refractivity (Wildman–Crippen MR) is 110 cm³/mol. The molecule has 0 aliphatic rings. The van der Waals surface area contributed by atoms with E-state index in [4.69, 9.17) is 10.5 Å². The normalized spacial score (nSPS) is 10.9. The van der Waals surface area contributed by atoms with Gasteiger partial charge in [-0.3, -0.25) is 5.10 Å². The number of nitrogens with one attached hydrogen (secondary N) is 1. The molecule has 0 unspecified atom stereocenters. The van der Waals surface area contributed by atoms with Gasteiger partial charge in [0, 0.05) is 11.1 Å². The van der Waals surface area contributed by atoms with Gasteiger partial charge in [-0.2, -0.15) is 5.10 Å². The van der Waals surface area contributed by atoms with Crippen LogP contribution in [0.5, 0.6) is 0 Å². The van der Waals surface area contributed by atoms with Crippen LogP contribution in [0, 0.1) is 6.92 Å². The summed E-state index contributed by atoms with van der Waals surface area (Å²) in [7, 11) is 0. The van der Waals surface area contributed by atoms with Gasteiger partial charge in [0.1, 0.15) is 5.82 Å². The minimum absolute atomic E-state index is 0.263. The molecule has 140 valence electrons. The minimum Gasteiger partial charge on any atom is -0.462 e. The van der Waals surface area contributed by atoms with Gasteiger partial charge < -0.3 is 10.5 Å². The molecule has 0 bridgehead atoms. The zero-order valence-electron chi connectivity index (χ0n) is 15.7. The number of carbonyl (C=O) groups excluding carboxylic acids is 1. The highest BCUT2D eigenvalue weighted by Gasteiger charge is 2.26. The molecular formula is C22H20N4O2. The van der Waals surface area contributed by atoms with Crippen molar-refractivity contribution in [3.05, 3.63) is 65.7 Å². The van der Waals surface area contributed by atoms with E-state index >= 15 is 0 Å². The Bertz CT molecular complexity index is 1150. The van der Waals surface area contributed by atoms with Crippen molar-refractivity contribution in [2.24, 2.45) is 0 Å². The van der Waals surface area contributed by atoms with Crippen LogP contribution in [0.4, 0.5) is 5.82 Å². The first-order valence-corrected chi connectivity index (χ1v) is 9.07. The number of ether oxygens (including phenoxy) is 1. The average Bonchev–Trinajstić information content (AvgIpc) is 3.09. The number of carbonyl (C=O) groups is 1. The van der Waals surface area contributed by atoms with Gasteiger partial charge in [-0.1, -0.05) is 60.2 Å². The van der Waals surface area contributed by atoms with Gasteiger partial charge in [-0.05, 0) is 19.4 Å². The van der Waals surface area contributed by atoms with E-state index in [-0.39, 0.29) is 6.61 Å². The highest BCUT2D eigenvalue weighted by Crippen LogP contribution is 2.39. The molecule has 6 nitrogen and oxygen atoms in total. The van der Waals surface area contributed by atoms with Gasteiger partial charge in [0.15, 0.2) is 5.65 Å². The molecule has 0 fully saturated rings. The maximum atomic E-state index is 13.0. The molecule has 4 rings (SSSR count). The molecule has 0 amide bonds. The lowest BCUT2D eigenvalue weighted by molar-refractivity contribution is 0.0528. The molecule has 0 aliphatic heterocycles. The summed E-state index contributed by atoms with van der Waals surface area (Å²) in [5.74, 6) is -0.0739. The molecule has 2 aromatic heterocycles. The van der Waals surface area contributed by atoms with Crippen LogP contribution in [0.15, 0.2) is 54.6 Å². The van der Waals surface area contributed by atoms with Gasteiger partial charge in [-0.15, -0.1) is 0 Å². The molecule has 0 saturated heterocycles. The Kier molecular flexibility index (Phi) is 4.53. The highest BCUT2D eigenvalue weighted by atomic mass is 16.5. The molecule has 0 aliphatic carbocycles. The van der Waals surface area contributed by atoms with Crippen molar-refractivity contribution in [2.75, 3.05) is 12.3 Å². The largest absolute Gasteiger partial charge is 0.462 e. The maximum absolute atomic E-state index is 13.0. The van der Waals surface area contributed by atoms with E-state index < -0.39 is 5.97 Å². The third kappa shape index (κ3) is 2.99. The lowest BCUT2D eigenvalue weighted by Crippen LogP contribution is -2.11. The van der Waals surface area contributed by atoms with E-state index in [1.165, 1.54) is 0 Å². The lowest BCUT2D eigenvalue weighted by Gasteiger charge is -2.15. The fourth-order valence-corrected chi connectivity index (χ4v) is 3.29. The number of esters is 1. The second-order valence-electron chi connectivity index (χ2n) is 6.50. The number of nitrogen functional groups attached to an aromatic ring is 1. The Hall–Kier alpha value is -3.67. The Morgan fingerprint density at radius 3 is 2.46 bits per heavy atom. The number of pyridine rings is 1. The molecule has 4 aromatic rings. The number of hydrogen-bond acceptors (Lipinski definition) is 5. The number of aryl methyl sites for hydroxylation is 1. The first-order valence-electron chi connectivity index (χ1n) is 9.07. The molecule has 0 atom stereocenters. The van der Waals surface area contributed by atoms with Crippen molar-refractivity contribution in [2.45, 2.75) is 13.8 Å². The fourth-order valence-electron chi connectivity index (χ4n) is 3.29. The SMILES string of the molecule is CCOC(=O)c1c(-c2ccccc2)nc2n[nH]c(N)c2c1-c1ccc(C)cc1. The van der Waals surface area contributed by atoms with Crippen LogP contribution >= 0.6 is 0 Å². The number of H-pyrrole nitrogens is 1. The van der Waals surface area contributed by atoms with Crippen molar-refractivity contribution in [3.63, 3.8) is 0 Å². The van der Waals surface area contributed by atoms with Crippen LogP contribution in [-0.4, -0.2) is 27.8 Å². The predicted octanol–water partition coefficient (Wildman–Crippen LogP) is 4.36. The Labute approximate surface area is 162 Å². The zero-order chi connectivity index (χ0) is 19.7. The van der Waals surface area contributed by atoms with E-state index in [9.17, 15) is 4.79 Å². The number of benzene rings is 2. The minimum atomic E-state index is -0.438. The number of nitrogens with zero attached hydrogens (tertiary/aromatic N) is 2. The van der Waals surface area contributed by atoms with Crippen LogP contribution in [0.25, 0.3) is 33.4 Å². The standard InChI is InChI=1S/C22H20N4O2/c1-3-28-22(27)17-16(14-11-9-13(2)10-12-14)18-20(23)25-26-21(18)24-19(17)15-7-5-4-6-8-15/h4-12H,3H2,1-2H3,(H3,23,24,25,26). The second kappa shape index (κ2) is 7.15. The number of nitrogens with two attached hydrogens (primary N) is 1. The molecule has 28 heavy (non-hydrogen) atoms. The third-order valence-corrected chi connectivity index (χ3v) is 4.60. The van der Waals surface area contributed by atoms with E-state index in [2.05, 4.69) is 15.2 Å². The number of aromatic nitrogens is 3. The monoisotopic (exact) mass is 372 g/mol. The Balaban J connectivity index is 2.14. The van der Waals surface area contributed by atoms with Crippen molar-refractivity contribution in [1.29, 1.82) is 0 Å². The molecule has 0 spiro atoms. The molecule has 2 heterocycles. The molecule has 0 saturated carbocycles. The summed E-state index contributed by atoms with van der Waals surface area (Å²) in [6.45, 7) is 4.06. The zero-order valence-corrected chi connectivity index (χ0v) is 15.7. The first-order chi connectivity index (χ1) is 13.6. The third-order valence-electron chi connectivity index (χ3n) is 4.60. The van der Waals surface area contributed by atoms with E-state index in [1.54, 1.807) is 6.92 Å². The smallest absolute Gasteiger partial charge is 0.341 e. The maximum Gasteiger partial charge on any atom is 0.341 e. The van der Waals surface area contributed by atoms with Crippen LogP contribution in [0.3, 0.4) is 0 Å². The molecule has 2 aromatic carbocycles. The summed E-state index contributed by atoms with van der Waals surface area (Å²) < 4.78 is 5.39. The molecule has 3 N–H and O–H groups in total. The quantitative estimate of drug-likeness (QED) is 0.519. The van der Waals surface area contributed by atoms with Crippen molar-refractivity contribution in [3.8, 4) is 22.4 Å². The van der Waals surface area contributed by atoms with Gasteiger partial charge >= 0.3 is 5.97 Å². The Morgan fingerprint density at radius 2 is 1.79 bits per heavy atom. The lowest BCUT2D eigenvalue weighted by atomic mass is 9.93. The summed E-state index contributed by atoms with van der Waals surface area (Å²) >= 11 is 0. The summed E-state index contributed by atoms with van der Waals surface area (Å²) in [4.78, 5) is 17.7. The van der Waals surface area contributed by atoms with Crippen molar-refractivity contribution in [1.82, 2.24) is 15.2 Å². The van der Waals surface area contributed by atoms with Crippen molar-refractivity contribution < 1.29 is 9.53 Å². The summed E-state index contributed by atoms with van der Waals surface area (Å²) in [6.07, 6.45) is 0. The van der Waals surface area contributed by atoms with Crippen LogP contribution in [0.2, 0.25) is 0 Å². The van der Waals surface area contributed by atoms with Crippen molar-refractivity contribution >= 4 is 22.8 Å². The van der Waals surface area contributed by atoms with Gasteiger partial charge in [0.2, 0.25) is 0 Å². The van der Waals surface area contributed by atoms with E-state index in [1.807, 2.05) is 61.5 Å². The van der Waals surface area contributed by atoms with Gasteiger partial charge in [0.05, 0.1) is 23.3 Å². The van der Waals surface area contributed by atoms with E-state index in [0.29, 0.717) is 33.7 Å². The second-order valence-corrected chi connectivity index (χ2v) is 6.50. The van der Waals surface area contributed by atoms with Crippen LogP contribution < -0.4 is 5.73 Å². The number of rotatable bonds is 4. The van der Waals surface area contributed by atoms with Crippen LogP contribution in [-0.2, 0) is 4.74 Å². The Morgan fingerprint density at radius 1 is 1.07 bits per heavy atom. The topological polar surface area (TPSA) is 93.9 Å². The van der Waals surface area contributed by atoms with Crippen LogP contribution in [0.1, 0.15) is 22.8 Å². The average molecular weight is 372 g/mol. The molecule has 0 radical (unpaired) electrons. The van der Waals surface area contributed by atoms with Gasteiger partial charge in [0.25, 0.3) is 0 Å². The number of anilines is 1. The number of aromatic amines is 1. The first kappa shape index (κ1) is 17.7. The number of fused-ring (bicyclic) bond motifs is 1. The molecule has 6 heteroatoms. The highest BCUT2D eigenvalue weighted by molar-refractivity contribution is 6.13. The summed E-state index contributed by atoms with van der Waals surface area (Å²) in [5, 5.41) is 7.65. The number of hydrogen-bond donors (Lipinski definition) is 2. The van der Waals surface area contributed by atoms with E-state index in [0.717, 1.165) is 16.7 Å². The fraction of sp³-hybridized carbons (Fsp3) is 0.136. The summed E-state index contributed by atoms with van der Waals surface area (Å²) in [5.41, 5.74) is 11.0. The molecular weight excluding hydrogens is 352 g/mol.